The minimum atomic E-state index is -0.575. The molecule has 0 saturated heterocycles. The summed E-state index contributed by atoms with van der Waals surface area (Å²) in [6.07, 6.45) is -0.575. The number of guanidine groups is 1. The first-order valence-corrected chi connectivity index (χ1v) is 9.72. The number of nitrogens with one attached hydrogen (secondary N) is 3. The van der Waals surface area contributed by atoms with Crippen molar-refractivity contribution in [1.82, 2.24) is 15.6 Å². The summed E-state index contributed by atoms with van der Waals surface area (Å²) in [5, 5.41) is 19.3. The molecule has 4 N–H and O–H groups in total. The first kappa shape index (κ1) is 17.6. The first-order chi connectivity index (χ1) is 13.2. The lowest BCUT2D eigenvalue weighted by atomic mass is 10.2. The van der Waals surface area contributed by atoms with Crippen LogP contribution in [0.25, 0.3) is 21.0 Å². The number of aliphatic hydroxyl groups excluding tert-OH is 1. The second-order valence-electron chi connectivity index (χ2n) is 6.39. The molecule has 1 unspecified atom stereocenters. The quantitative estimate of drug-likeness (QED) is 0.315. The number of hydrogen-bond acceptors (Lipinski definition) is 3. The van der Waals surface area contributed by atoms with Gasteiger partial charge in [-0.15, -0.1) is 11.3 Å². The van der Waals surface area contributed by atoms with E-state index in [1.54, 1.807) is 18.4 Å². The zero-order valence-corrected chi connectivity index (χ0v) is 15.9. The van der Waals surface area contributed by atoms with Crippen LogP contribution < -0.4 is 10.6 Å². The molecule has 4 rings (SSSR count). The summed E-state index contributed by atoms with van der Waals surface area (Å²) in [5.74, 6) is 0.661. The highest BCUT2D eigenvalue weighted by atomic mass is 32.1. The molecule has 0 aliphatic carbocycles. The topological polar surface area (TPSA) is 72.4 Å². The van der Waals surface area contributed by atoms with Crippen LogP contribution in [0.15, 0.2) is 65.7 Å². The van der Waals surface area contributed by atoms with Gasteiger partial charge in [-0.05, 0) is 35.0 Å². The van der Waals surface area contributed by atoms with Crippen LogP contribution in [-0.2, 0) is 6.54 Å². The number of benzene rings is 2. The number of fused-ring (bicyclic) bond motifs is 2. The summed E-state index contributed by atoms with van der Waals surface area (Å²) >= 11 is 1.62. The van der Waals surface area contributed by atoms with Gasteiger partial charge in [-0.2, -0.15) is 0 Å². The highest BCUT2D eigenvalue weighted by Gasteiger charge is 2.12. The number of aliphatic hydroxyl groups is 1. The summed E-state index contributed by atoms with van der Waals surface area (Å²) in [4.78, 5) is 8.58. The molecule has 0 bridgehead atoms. The second kappa shape index (κ2) is 7.82. The van der Waals surface area contributed by atoms with Gasteiger partial charge in [-0.25, -0.2) is 0 Å². The molecule has 0 amide bonds. The molecule has 0 aliphatic heterocycles. The van der Waals surface area contributed by atoms with E-state index in [1.165, 1.54) is 10.1 Å². The average molecular weight is 379 g/mol. The fourth-order valence-corrected chi connectivity index (χ4v) is 4.14. The summed E-state index contributed by atoms with van der Waals surface area (Å²) in [5.41, 5.74) is 2.21. The zero-order valence-electron chi connectivity index (χ0n) is 15.1. The number of rotatable bonds is 5. The third-order valence-corrected chi connectivity index (χ3v) is 5.71. The number of para-hydroxylation sites is 1. The Morgan fingerprint density at radius 1 is 1.07 bits per heavy atom. The summed E-state index contributed by atoms with van der Waals surface area (Å²) < 4.78 is 1.19. The van der Waals surface area contributed by atoms with Gasteiger partial charge in [0.15, 0.2) is 5.96 Å². The number of aromatic nitrogens is 1. The first-order valence-electron chi connectivity index (χ1n) is 8.90. The van der Waals surface area contributed by atoms with E-state index in [0.29, 0.717) is 19.0 Å². The van der Waals surface area contributed by atoms with Crippen LogP contribution >= 0.6 is 11.3 Å². The van der Waals surface area contributed by atoms with Gasteiger partial charge in [0.1, 0.15) is 6.10 Å². The van der Waals surface area contributed by atoms with Gasteiger partial charge in [0.05, 0.1) is 6.54 Å². The molecular weight excluding hydrogens is 356 g/mol. The molecule has 27 heavy (non-hydrogen) atoms. The fraction of sp³-hybridized carbons (Fsp3) is 0.190. The minimum absolute atomic E-state index is 0.402. The number of thiophene rings is 1. The lowest BCUT2D eigenvalue weighted by Crippen LogP contribution is -2.38. The van der Waals surface area contributed by atoms with Gasteiger partial charge in [-0.1, -0.05) is 36.4 Å². The van der Waals surface area contributed by atoms with E-state index < -0.39 is 6.10 Å². The Bertz CT molecular complexity index is 1020. The van der Waals surface area contributed by atoms with Crippen LogP contribution in [0.2, 0.25) is 0 Å². The smallest absolute Gasteiger partial charge is 0.191 e. The molecule has 0 spiro atoms. The van der Waals surface area contributed by atoms with E-state index in [9.17, 15) is 5.11 Å². The van der Waals surface area contributed by atoms with E-state index in [0.717, 1.165) is 21.5 Å². The van der Waals surface area contributed by atoms with Crippen molar-refractivity contribution in [2.45, 2.75) is 12.6 Å². The van der Waals surface area contributed by atoms with Crippen molar-refractivity contribution in [3.8, 4) is 0 Å². The van der Waals surface area contributed by atoms with Gasteiger partial charge in [0.2, 0.25) is 0 Å². The van der Waals surface area contributed by atoms with E-state index in [4.69, 9.17) is 0 Å². The number of nitrogens with zero attached hydrogens (tertiary/aromatic N) is 1. The molecular formula is C21H22N4OS. The molecule has 5 nitrogen and oxygen atoms in total. The third kappa shape index (κ3) is 3.97. The largest absolute Gasteiger partial charge is 0.386 e. The number of H-pyrrole nitrogens is 1. The molecule has 1 atom stereocenters. The highest BCUT2D eigenvalue weighted by molar-refractivity contribution is 7.19. The van der Waals surface area contributed by atoms with Crippen molar-refractivity contribution in [2.24, 2.45) is 4.99 Å². The summed E-state index contributed by atoms with van der Waals surface area (Å²) in [6.45, 7) is 1.03. The van der Waals surface area contributed by atoms with Gasteiger partial charge >= 0.3 is 0 Å². The molecule has 6 heteroatoms. The molecule has 4 aromatic rings. The van der Waals surface area contributed by atoms with Crippen molar-refractivity contribution in [3.63, 3.8) is 0 Å². The van der Waals surface area contributed by atoms with Crippen molar-refractivity contribution in [2.75, 3.05) is 13.6 Å². The predicted molar refractivity (Wildman–Crippen MR) is 113 cm³/mol. The average Bonchev–Trinajstić information content (AvgIpc) is 3.31. The van der Waals surface area contributed by atoms with Crippen molar-refractivity contribution < 1.29 is 5.11 Å². The Hall–Kier alpha value is -2.83. The molecule has 0 saturated carbocycles. The van der Waals surface area contributed by atoms with E-state index in [-0.39, 0.29) is 0 Å². The summed E-state index contributed by atoms with van der Waals surface area (Å²) in [6, 6.07) is 20.5. The fourth-order valence-electron chi connectivity index (χ4n) is 3.09. The Balaban J connectivity index is 1.34. The van der Waals surface area contributed by atoms with E-state index >= 15 is 0 Å². The van der Waals surface area contributed by atoms with Crippen LogP contribution in [0.1, 0.15) is 16.7 Å². The van der Waals surface area contributed by atoms with Crippen LogP contribution in [0.5, 0.6) is 0 Å². The van der Waals surface area contributed by atoms with Gasteiger partial charge in [-0.3, -0.25) is 4.99 Å². The van der Waals surface area contributed by atoms with Crippen LogP contribution in [0.3, 0.4) is 0 Å². The molecule has 0 aliphatic rings. The van der Waals surface area contributed by atoms with Crippen molar-refractivity contribution in [3.05, 3.63) is 71.2 Å². The summed E-state index contributed by atoms with van der Waals surface area (Å²) in [7, 11) is 1.73. The molecule has 138 valence electrons. The Morgan fingerprint density at radius 2 is 1.85 bits per heavy atom. The van der Waals surface area contributed by atoms with Gasteiger partial charge in [0.25, 0.3) is 0 Å². The molecule has 2 heterocycles. The van der Waals surface area contributed by atoms with Crippen LogP contribution in [-0.4, -0.2) is 29.6 Å². The molecule has 0 fully saturated rings. The van der Waals surface area contributed by atoms with Crippen LogP contribution in [0, 0.1) is 0 Å². The number of hydrogen-bond donors (Lipinski definition) is 4. The second-order valence-corrected chi connectivity index (χ2v) is 7.51. The maximum Gasteiger partial charge on any atom is 0.191 e. The predicted octanol–water partition coefficient (Wildman–Crippen LogP) is 3.78. The van der Waals surface area contributed by atoms with Crippen molar-refractivity contribution >= 4 is 38.3 Å². The maximum absolute atomic E-state index is 10.5. The maximum atomic E-state index is 10.5. The molecule has 2 aromatic heterocycles. The van der Waals surface area contributed by atoms with Crippen molar-refractivity contribution in [1.29, 1.82) is 0 Å². The monoisotopic (exact) mass is 378 g/mol. The highest BCUT2D eigenvalue weighted by Crippen LogP contribution is 2.29. The lowest BCUT2D eigenvalue weighted by molar-refractivity contribution is 0.184. The normalized spacial score (nSPS) is 13.2. The SMILES string of the molecule is CN=C(NCc1cc2ccccc2[nH]1)NCC(O)c1cc2ccccc2s1. The van der Waals surface area contributed by atoms with Gasteiger partial charge < -0.3 is 20.7 Å². The molecule has 0 radical (unpaired) electrons. The standard InChI is InChI=1S/C21H22N4OS/c1-22-21(23-12-16-10-14-6-2-4-8-17(14)25-16)24-13-18(26)20-11-15-7-3-5-9-19(15)27-20/h2-11,18,25-26H,12-13H2,1H3,(H2,22,23,24). The molecule has 2 aromatic carbocycles. The Kier molecular flexibility index (Phi) is 5.09. The van der Waals surface area contributed by atoms with E-state index in [2.05, 4.69) is 50.9 Å². The number of aromatic amines is 1. The number of aliphatic imine (C=N–C) groups is 1. The minimum Gasteiger partial charge on any atom is -0.386 e. The van der Waals surface area contributed by atoms with Gasteiger partial charge in [0, 0.05) is 34.4 Å². The zero-order chi connectivity index (χ0) is 18.6. The Labute approximate surface area is 161 Å². The lowest BCUT2D eigenvalue weighted by Gasteiger charge is -2.14. The van der Waals surface area contributed by atoms with Crippen LogP contribution in [0.4, 0.5) is 0 Å². The third-order valence-electron chi connectivity index (χ3n) is 4.49. The van der Waals surface area contributed by atoms with E-state index in [1.807, 2.05) is 30.3 Å². The Morgan fingerprint density at radius 3 is 2.63 bits per heavy atom.